The average molecular weight is 401 g/mol. The lowest BCUT2D eigenvalue weighted by Gasteiger charge is -2.38. The predicted octanol–water partition coefficient (Wildman–Crippen LogP) is 5.23. The van der Waals surface area contributed by atoms with Crippen molar-refractivity contribution in [1.82, 2.24) is 4.90 Å². The summed E-state index contributed by atoms with van der Waals surface area (Å²) in [5.74, 6) is 0.124. The molecule has 0 bridgehead atoms. The van der Waals surface area contributed by atoms with Gasteiger partial charge >= 0.3 is 0 Å². The summed E-state index contributed by atoms with van der Waals surface area (Å²) in [5, 5.41) is 0.759. The number of halogens is 1. The number of carbonyl (C=O) groups excluding carboxylic acids is 1. The summed E-state index contributed by atoms with van der Waals surface area (Å²) in [5.41, 5.74) is 5.88. The molecule has 3 aromatic rings. The highest BCUT2D eigenvalue weighted by Crippen LogP contribution is 2.40. The molecule has 0 saturated carbocycles. The maximum Gasteiger partial charge on any atom is 0.196 e. The molecular formula is C25H21ClN2O. The van der Waals surface area contributed by atoms with Gasteiger partial charge in [-0.05, 0) is 23.8 Å². The van der Waals surface area contributed by atoms with Gasteiger partial charge in [-0.15, -0.1) is 0 Å². The molecule has 0 N–H and O–H groups in total. The molecule has 0 radical (unpaired) electrons. The van der Waals surface area contributed by atoms with Crippen LogP contribution in [0.2, 0.25) is 5.02 Å². The molecule has 1 aliphatic carbocycles. The Labute approximate surface area is 175 Å². The Balaban J connectivity index is 1.49. The lowest BCUT2D eigenvalue weighted by molar-refractivity contribution is 0.105. The van der Waals surface area contributed by atoms with Crippen molar-refractivity contribution in [1.29, 1.82) is 0 Å². The van der Waals surface area contributed by atoms with Crippen LogP contribution in [0.3, 0.4) is 0 Å². The first kappa shape index (κ1) is 18.0. The van der Waals surface area contributed by atoms with Crippen molar-refractivity contribution in [3.05, 3.63) is 101 Å². The highest BCUT2D eigenvalue weighted by Gasteiger charge is 2.34. The van der Waals surface area contributed by atoms with Crippen molar-refractivity contribution >= 4 is 34.3 Å². The van der Waals surface area contributed by atoms with Gasteiger partial charge in [0.2, 0.25) is 0 Å². The summed E-state index contributed by atoms with van der Waals surface area (Å²) >= 11 is 6.17. The largest absolute Gasteiger partial charge is 0.368 e. The Hall–Kier alpha value is -3.04. The third kappa shape index (κ3) is 3.22. The number of anilines is 1. The zero-order valence-electron chi connectivity index (χ0n) is 16.0. The molecule has 2 aliphatic rings. The van der Waals surface area contributed by atoms with Crippen LogP contribution < -0.4 is 4.90 Å². The number of nitrogens with zero attached hydrogens (tertiary/aromatic N) is 2. The molecule has 1 heterocycles. The van der Waals surface area contributed by atoms with Crippen LogP contribution in [0, 0.1) is 0 Å². The number of ketones is 1. The smallest absolute Gasteiger partial charge is 0.196 e. The van der Waals surface area contributed by atoms with Gasteiger partial charge in [-0.2, -0.15) is 0 Å². The monoisotopic (exact) mass is 400 g/mol. The molecule has 0 atom stereocenters. The van der Waals surface area contributed by atoms with Gasteiger partial charge in [0, 0.05) is 48.0 Å². The second-order valence-electron chi connectivity index (χ2n) is 7.42. The van der Waals surface area contributed by atoms with E-state index in [2.05, 4.69) is 21.9 Å². The van der Waals surface area contributed by atoms with E-state index in [1.165, 1.54) is 0 Å². The summed E-state index contributed by atoms with van der Waals surface area (Å²) < 4.78 is 0. The van der Waals surface area contributed by atoms with Crippen molar-refractivity contribution in [2.75, 3.05) is 31.1 Å². The van der Waals surface area contributed by atoms with E-state index in [1.807, 2.05) is 66.7 Å². The van der Waals surface area contributed by atoms with Gasteiger partial charge in [0.25, 0.3) is 0 Å². The quantitative estimate of drug-likeness (QED) is 0.601. The van der Waals surface area contributed by atoms with Gasteiger partial charge in [0.05, 0.1) is 11.3 Å². The van der Waals surface area contributed by atoms with Crippen LogP contribution in [-0.2, 0) is 0 Å². The molecule has 3 nitrogen and oxygen atoms in total. The van der Waals surface area contributed by atoms with Crippen LogP contribution in [0.25, 0.3) is 11.3 Å². The second kappa shape index (κ2) is 7.41. The molecule has 144 valence electrons. The number of piperazine rings is 1. The highest BCUT2D eigenvalue weighted by atomic mass is 35.5. The number of Topliss-reactive ketones (excluding diaryl/α,β-unsaturated/α-hetero) is 1. The van der Waals surface area contributed by atoms with E-state index in [4.69, 9.17) is 11.6 Å². The zero-order chi connectivity index (χ0) is 19.8. The summed E-state index contributed by atoms with van der Waals surface area (Å²) in [7, 11) is 0. The minimum Gasteiger partial charge on any atom is -0.368 e. The Morgan fingerprint density at radius 1 is 0.690 bits per heavy atom. The van der Waals surface area contributed by atoms with Gasteiger partial charge in [0.1, 0.15) is 0 Å². The molecule has 0 aromatic heterocycles. The zero-order valence-corrected chi connectivity index (χ0v) is 16.8. The standard InChI is InChI=1S/C25H21ClN2O/c26-19-9-6-10-20(17-19)27-13-15-28(16-14-27)24-21-11-4-5-12-22(21)25(29)23(24)18-7-2-1-3-8-18/h1-12,17H,13-16H2. The number of allylic oxidation sites excluding steroid dienone is 1. The first-order chi connectivity index (χ1) is 14.2. The molecule has 0 spiro atoms. The van der Waals surface area contributed by atoms with Gasteiger partial charge in [-0.1, -0.05) is 72.3 Å². The molecule has 1 saturated heterocycles. The number of carbonyl (C=O) groups is 1. The highest BCUT2D eigenvalue weighted by molar-refractivity contribution is 6.39. The fraction of sp³-hybridized carbons (Fsp3) is 0.160. The molecule has 4 heteroatoms. The number of hydrogen-bond acceptors (Lipinski definition) is 3. The molecule has 5 rings (SSSR count). The SMILES string of the molecule is O=C1C(c2ccccc2)=C(N2CCN(c3cccc(Cl)c3)CC2)c2ccccc21. The van der Waals surface area contributed by atoms with Crippen molar-refractivity contribution in [2.45, 2.75) is 0 Å². The molecule has 1 aliphatic heterocycles. The van der Waals surface area contributed by atoms with E-state index >= 15 is 0 Å². The lowest BCUT2D eigenvalue weighted by atomic mass is 10.0. The van der Waals surface area contributed by atoms with Crippen molar-refractivity contribution in [2.24, 2.45) is 0 Å². The second-order valence-corrected chi connectivity index (χ2v) is 7.85. The van der Waals surface area contributed by atoms with Crippen LogP contribution in [0.4, 0.5) is 5.69 Å². The van der Waals surface area contributed by atoms with E-state index < -0.39 is 0 Å². The summed E-state index contributed by atoms with van der Waals surface area (Å²) in [6, 6.07) is 26.0. The number of hydrogen-bond donors (Lipinski definition) is 0. The van der Waals surface area contributed by atoms with Crippen LogP contribution in [0.15, 0.2) is 78.9 Å². The maximum absolute atomic E-state index is 13.3. The fourth-order valence-electron chi connectivity index (χ4n) is 4.33. The van der Waals surface area contributed by atoms with Crippen LogP contribution in [0.1, 0.15) is 21.5 Å². The maximum atomic E-state index is 13.3. The molecule has 3 aromatic carbocycles. The van der Waals surface area contributed by atoms with Gasteiger partial charge in [-0.25, -0.2) is 0 Å². The molecule has 1 fully saturated rings. The van der Waals surface area contributed by atoms with Gasteiger partial charge in [0.15, 0.2) is 5.78 Å². The first-order valence-electron chi connectivity index (χ1n) is 9.91. The normalized spacial score (nSPS) is 16.4. The summed E-state index contributed by atoms with van der Waals surface area (Å²) in [4.78, 5) is 18.0. The van der Waals surface area contributed by atoms with Gasteiger partial charge in [-0.3, -0.25) is 4.79 Å². The van der Waals surface area contributed by atoms with Crippen LogP contribution >= 0.6 is 11.6 Å². The Morgan fingerprint density at radius 2 is 1.34 bits per heavy atom. The lowest BCUT2D eigenvalue weighted by Crippen LogP contribution is -2.45. The van der Waals surface area contributed by atoms with Crippen molar-refractivity contribution in [3.63, 3.8) is 0 Å². The Bertz CT molecular complexity index is 1100. The average Bonchev–Trinajstić information content (AvgIpc) is 3.07. The van der Waals surface area contributed by atoms with E-state index in [0.717, 1.165) is 64.8 Å². The minimum absolute atomic E-state index is 0.124. The first-order valence-corrected chi connectivity index (χ1v) is 10.3. The number of benzene rings is 3. The van der Waals surface area contributed by atoms with E-state index in [-0.39, 0.29) is 5.78 Å². The minimum atomic E-state index is 0.124. The molecule has 29 heavy (non-hydrogen) atoms. The third-order valence-corrected chi connectivity index (χ3v) is 5.96. The van der Waals surface area contributed by atoms with Crippen LogP contribution in [0.5, 0.6) is 0 Å². The fourth-order valence-corrected chi connectivity index (χ4v) is 4.51. The third-order valence-electron chi connectivity index (χ3n) is 5.72. The molecule has 0 unspecified atom stereocenters. The predicted molar refractivity (Wildman–Crippen MR) is 119 cm³/mol. The van der Waals surface area contributed by atoms with Crippen molar-refractivity contribution < 1.29 is 4.79 Å². The number of fused-ring (bicyclic) bond motifs is 1. The Morgan fingerprint density at radius 3 is 2.07 bits per heavy atom. The molecular weight excluding hydrogens is 380 g/mol. The van der Waals surface area contributed by atoms with Gasteiger partial charge < -0.3 is 9.80 Å². The molecule has 0 amide bonds. The van der Waals surface area contributed by atoms with Crippen molar-refractivity contribution in [3.8, 4) is 0 Å². The Kier molecular flexibility index (Phi) is 4.61. The van der Waals surface area contributed by atoms with Crippen LogP contribution in [-0.4, -0.2) is 36.9 Å². The van der Waals surface area contributed by atoms with E-state index in [9.17, 15) is 4.79 Å². The summed E-state index contributed by atoms with van der Waals surface area (Å²) in [6.45, 7) is 3.50. The topological polar surface area (TPSA) is 23.6 Å². The van der Waals surface area contributed by atoms with E-state index in [1.54, 1.807) is 0 Å². The number of rotatable bonds is 3. The summed E-state index contributed by atoms with van der Waals surface area (Å²) in [6.07, 6.45) is 0. The van der Waals surface area contributed by atoms with E-state index in [0.29, 0.717) is 0 Å².